The van der Waals surface area contributed by atoms with E-state index in [9.17, 15) is 8.78 Å². The zero-order valence-corrected chi connectivity index (χ0v) is 17.7. The largest absolute Gasteiger partial charge is 0.365 e. The Morgan fingerprint density at radius 2 is 1.90 bits per heavy atom. The van der Waals surface area contributed by atoms with Gasteiger partial charge in [0.25, 0.3) is 0 Å². The van der Waals surface area contributed by atoms with Gasteiger partial charge in [0.05, 0.1) is 17.9 Å². The molecule has 1 atom stereocenters. The number of fused-ring (bicyclic) bond motifs is 2. The lowest BCUT2D eigenvalue weighted by molar-refractivity contribution is -0.0800. The number of nitrogens with zero attached hydrogens (tertiary/aromatic N) is 3. The Hall–Kier alpha value is -2.41. The molecule has 0 aliphatic carbocycles. The second kappa shape index (κ2) is 8.26. The summed E-state index contributed by atoms with van der Waals surface area (Å²) in [7, 11) is 0. The third-order valence-corrected chi connectivity index (χ3v) is 6.80. The average Bonchev–Trinajstić information content (AvgIpc) is 3.16. The smallest absolute Gasteiger partial charge is 0.159 e. The summed E-state index contributed by atoms with van der Waals surface area (Å²) in [6.45, 7) is 3.33. The van der Waals surface area contributed by atoms with Crippen molar-refractivity contribution >= 4 is 11.6 Å². The van der Waals surface area contributed by atoms with Gasteiger partial charge in [-0.25, -0.2) is 8.78 Å². The first kappa shape index (κ1) is 20.5. The van der Waals surface area contributed by atoms with Gasteiger partial charge >= 0.3 is 0 Å². The molecule has 1 aromatic carbocycles. The highest BCUT2D eigenvalue weighted by atomic mass is 35.5. The predicted octanol–water partition coefficient (Wildman–Crippen LogP) is 5.10. The third-order valence-electron chi connectivity index (χ3n) is 6.32. The first-order valence-electron chi connectivity index (χ1n) is 10.4. The number of halogens is 3. The molecular weight excluding hydrogens is 420 g/mol. The molecule has 2 aromatic heterocycles. The van der Waals surface area contributed by atoms with E-state index in [1.165, 1.54) is 17.2 Å². The van der Waals surface area contributed by atoms with Gasteiger partial charge in [0.2, 0.25) is 0 Å². The molecule has 0 bridgehead atoms. The number of likely N-dealkylation sites (tertiary alicyclic amines) is 1. The van der Waals surface area contributed by atoms with Crippen LogP contribution in [0.2, 0.25) is 0 Å². The monoisotopic (exact) mass is 441 g/mol. The molecule has 0 amide bonds. The fourth-order valence-electron chi connectivity index (χ4n) is 4.52. The normalized spacial score (nSPS) is 18.8. The number of hydrogen-bond donors (Lipinski definition) is 0. The maximum atomic E-state index is 13.5. The van der Waals surface area contributed by atoms with Crippen LogP contribution in [0.5, 0.6) is 0 Å². The zero-order valence-electron chi connectivity index (χ0n) is 16.9. The van der Waals surface area contributed by atoms with Gasteiger partial charge in [-0.15, -0.1) is 11.6 Å². The molecule has 4 nitrogen and oxygen atoms in total. The highest BCUT2D eigenvalue weighted by Crippen LogP contribution is 2.43. The molecular formula is C24H22ClF2N3O. The molecule has 2 aliphatic heterocycles. The molecule has 160 valence electrons. The van der Waals surface area contributed by atoms with Gasteiger partial charge in [0.1, 0.15) is 5.38 Å². The standard InChI is InChI=1S/C24H22ClF2N3O/c25-23(17-2-3-20(26)21(27)11-17)22-4-1-16(12-29-22)14-30-9-6-24(7-10-30)19-13-28-8-5-18(19)15-31-24/h1-5,8,11-13,23H,6-7,9-10,14-15H2. The van der Waals surface area contributed by atoms with Crippen LogP contribution in [0, 0.1) is 11.6 Å². The number of rotatable bonds is 4. The van der Waals surface area contributed by atoms with Gasteiger partial charge in [-0.1, -0.05) is 12.1 Å². The minimum absolute atomic E-state index is 0.196. The van der Waals surface area contributed by atoms with Crippen LogP contribution in [-0.4, -0.2) is 28.0 Å². The Balaban J connectivity index is 1.22. The van der Waals surface area contributed by atoms with Crippen molar-refractivity contribution in [3.8, 4) is 0 Å². The van der Waals surface area contributed by atoms with Crippen molar-refractivity contribution in [1.82, 2.24) is 14.9 Å². The van der Waals surface area contributed by atoms with E-state index in [0.29, 0.717) is 17.9 Å². The van der Waals surface area contributed by atoms with Crippen LogP contribution in [0.15, 0.2) is 55.0 Å². The van der Waals surface area contributed by atoms with E-state index in [4.69, 9.17) is 16.3 Å². The highest BCUT2D eigenvalue weighted by Gasteiger charge is 2.42. The minimum Gasteiger partial charge on any atom is -0.365 e. The number of aromatic nitrogens is 2. The fraction of sp³-hybridized carbons (Fsp3) is 0.333. The van der Waals surface area contributed by atoms with Gasteiger partial charge in [-0.3, -0.25) is 14.9 Å². The summed E-state index contributed by atoms with van der Waals surface area (Å²) in [5.41, 5.74) is 4.47. The zero-order chi connectivity index (χ0) is 21.4. The molecule has 2 aliphatic rings. The quantitative estimate of drug-likeness (QED) is 0.528. The van der Waals surface area contributed by atoms with Crippen molar-refractivity contribution in [2.45, 2.75) is 37.0 Å². The summed E-state index contributed by atoms with van der Waals surface area (Å²) in [5.74, 6) is -1.80. The first-order chi connectivity index (χ1) is 15.0. The Morgan fingerprint density at radius 1 is 1.06 bits per heavy atom. The van der Waals surface area contributed by atoms with E-state index in [2.05, 4.69) is 14.9 Å². The Morgan fingerprint density at radius 3 is 2.65 bits per heavy atom. The molecule has 1 saturated heterocycles. The van der Waals surface area contributed by atoms with E-state index in [1.807, 2.05) is 30.6 Å². The number of hydrogen-bond acceptors (Lipinski definition) is 4. The number of piperidine rings is 1. The van der Waals surface area contributed by atoms with Gasteiger partial charge in [-0.2, -0.15) is 0 Å². The van der Waals surface area contributed by atoms with Crippen molar-refractivity contribution < 1.29 is 13.5 Å². The topological polar surface area (TPSA) is 38.2 Å². The highest BCUT2D eigenvalue weighted by molar-refractivity contribution is 6.22. The second-order valence-electron chi connectivity index (χ2n) is 8.22. The van der Waals surface area contributed by atoms with Gasteiger partial charge in [-0.05, 0) is 53.8 Å². The molecule has 1 fully saturated rings. The van der Waals surface area contributed by atoms with Crippen molar-refractivity contribution in [3.63, 3.8) is 0 Å². The fourth-order valence-corrected chi connectivity index (χ4v) is 4.78. The van der Waals surface area contributed by atoms with Crippen LogP contribution < -0.4 is 0 Å². The molecule has 3 aromatic rings. The van der Waals surface area contributed by atoms with Gasteiger partial charge < -0.3 is 4.74 Å². The van der Waals surface area contributed by atoms with Crippen LogP contribution in [0.4, 0.5) is 8.78 Å². The summed E-state index contributed by atoms with van der Waals surface area (Å²) in [4.78, 5) is 11.2. The molecule has 7 heteroatoms. The predicted molar refractivity (Wildman–Crippen MR) is 114 cm³/mol. The summed E-state index contributed by atoms with van der Waals surface area (Å²) in [6, 6.07) is 9.57. The van der Waals surface area contributed by atoms with E-state index in [1.54, 1.807) is 6.20 Å². The summed E-state index contributed by atoms with van der Waals surface area (Å²) in [6.07, 6.45) is 7.47. The molecule has 1 unspecified atom stereocenters. The molecule has 4 heterocycles. The van der Waals surface area contributed by atoms with Crippen molar-refractivity contribution in [2.75, 3.05) is 13.1 Å². The van der Waals surface area contributed by atoms with Gasteiger partial charge in [0.15, 0.2) is 11.6 Å². The number of ether oxygens (including phenoxy) is 1. The third kappa shape index (κ3) is 3.95. The number of alkyl halides is 1. The Labute approximate surface area is 184 Å². The molecule has 31 heavy (non-hydrogen) atoms. The summed E-state index contributed by atoms with van der Waals surface area (Å²) in [5, 5.41) is -0.632. The number of pyridine rings is 2. The average molecular weight is 442 g/mol. The van der Waals surface area contributed by atoms with E-state index < -0.39 is 17.0 Å². The Bertz CT molecular complexity index is 1080. The SMILES string of the molecule is Fc1ccc(C(Cl)c2ccc(CN3CCC4(CC3)OCc3ccncc34)cn2)cc1F. The first-order valence-corrected chi connectivity index (χ1v) is 10.8. The van der Waals surface area contributed by atoms with Crippen molar-refractivity contribution in [2.24, 2.45) is 0 Å². The summed E-state index contributed by atoms with van der Waals surface area (Å²) < 4.78 is 32.9. The lowest BCUT2D eigenvalue weighted by Gasteiger charge is -2.39. The second-order valence-corrected chi connectivity index (χ2v) is 8.66. The maximum absolute atomic E-state index is 13.5. The number of benzene rings is 1. The molecule has 0 radical (unpaired) electrons. The van der Waals surface area contributed by atoms with Crippen LogP contribution in [-0.2, 0) is 23.5 Å². The maximum Gasteiger partial charge on any atom is 0.159 e. The Kier molecular flexibility index (Phi) is 5.46. The van der Waals surface area contributed by atoms with E-state index in [-0.39, 0.29) is 5.60 Å². The van der Waals surface area contributed by atoms with Crippen LogP contribution in [0.1, 0.15) is 46.2 Å². The molecule has 0 N–H and O–H groups in total. The van der Waals surface area contributed by atoms with Crippen LogP contribution in [0.25, 0.3) is 0 Å². The van der Waals surface area contributed by atoms with E-state index in [0.717, 1.165) is 50.2 Å². The van der Waals surface area contributed by atoms with Crippen molar-refractivity contribution in [3.05, 3.63) is 94.6 Å². The lowest BCUT2D eigenvalue weighted by atomic mass is 9.84. The summed E-state index contributed by atoms with van der Waals surface area (Å²) >= 11 is 6.43. The molecule has 5 rings (SSSR count). The van der Waals surface area contributed by atoms with Crippen molar-refractivity contribution in [1.29, 1.82) is 0 Å². The van der Waals surface area contributed by atoms with Gasteiger partial charge in [0, 0.05) is 43.8 Å². The molecule has 0 saturated carbocycles. The lowest BCUT2D eigenvalue weighted by Crippen LogP contribution is -2.42. The van der Waals surface area contributed by atoms with E-state index >= 15 is 0 Å². The van der Waals surface area contributed by atoms with Crippen LogP contribution >= 0.6 is 11.6 Å². The minimum atomic E-state index is -0.910. The van der Waals surface area contributed by atoms with Crippen LogP contribution in [0.3, 0.4) is 0 Å². The molecule has 1 spiro atoms.